The number of halogens is 3. The molecular formula is C18H14ClF2NO3. The van der Waals surface area contributed by atoms with Gasteiger partial charge >= 0.3 is 5.97 Å². The van der Waals surface area contributed by atoms with Crippen LogP contribution in [-0.4, -0.2) is 18.0 Å². The molecule has 0 fully saturated rings. The number of carbonyl (C=O) groups is 2. The lowest BCUT2D eigenvalue weighted by Gasteiger charge is -2.12. The topological polar surface area (TPSA) is 55.4 Å². The number of hydrogen-bond donors (Lipinski definition) is 1. The Balaban J connectivity index is 1.97. The van der Waals surface area contributed by atoms with Crippen LogP contribution in [0.5, 0.6) is 0 Å². The highest BCUT2D eigenvalue weighted by Crippen LogP contribution is 2.20. The van der Waals surface area contributed by atoms with Crippen LogP contribution < -0.4 is 5.32 Å². The van der Waals surface area contributed by atoms with E-state index in [0.29, 0.717) is 0 Å². The molecule has 0 aliphatic carbocycles. The molecule has 130 valence electrons. The van der Waals surface area contributed by atoms with Crippen molar-refractivity contribution in [1.29, 1.82) is 0 Å². The van der Waals surface area contributed by atoms with Gasteiger partial charge in [0, 0.05) is 11.6 Å². The molecule has 0 heterocycles. The molecule has 2 aromatic carbocycles. The number of ether oxygens (including phenoxy) is 1. The van der Waals surface area contributed by atoms with Crippen LogP contribution in [0.4, 0.5) is 14.5 Å². The zero-order valence-corrected chi connectivity index (χ0v) is 13.9. The van der Waals surface area contributed by atoms with Crippen molar-refractivity contribution in [1.82, 2.24) is 0 Å². The summed E-state index contributed by atoms with van der Waals surface area (Å²) in [5, 5.41) is 2.44. The smallest absolute Gasteiger partial charge is 0.331 e. The highest BCUT2D eigenvalue weighted by molar-refractivity contribution is 6.32. The lowest BCUT2D eigenvalue weighted by atomic mass is 10.2. The van der Waals surface area contributed by atoms with Crippen molar-refractivity contribution >= 4 is 35.2 Å². The van der Waals surface area contributed by atoms with E-state index in [1.807, 2.05) is 0 Å². The van der Waals surface area contributed by atoms with Crippen LogP contribution >= 0.6 is 11.6 Å². The van der Waals surface area contributed by atoms with Crippen LogP contribution in [0, 0.1) is 11.6 Å². The fourth-order valence-electron chi connectivity index (χ4n) is 1.89. The van der Waals surface area contributed by atoms with Gasteiger partial charge in [-0.05, 0) is 37.3 Å². The maximum Gasteiger partial charge on any atom is 0.331 e. The van der Waals surface area contributed by atoms with E-state index in [1.54, 1.807) is 6.07 Å². The highest BCUT2D eigenvalue weighted by atomic mass is 35.5. The molecule has 4 nitrogen and oxygen atoms in total. The van der Waals surface area contributed by atoms with Crippen molar-refractivity contribution in [2.45, 2.75) is 13.0 Å². The second-order valence-electron chi connectivity index (χ2n) is 5.02. The third kappa shape index (κ3) is 5.12. The second-order valence-corrected chi connectivity index (χ2v) is 5.42. The van der Waals surface area contributed by atoms with Crippen LogP contribution in [0.2, 0.25) is 5.02 Å². The summed E-state index contributed by atoms with van der Waals surface area (Å²) < 4.78 is 32.0. The van der Waals surface area contributed by atoms with Crippen LogP contribution in [0.25, 0.3) is 6.08 Å². The largest absolute Gasteiger partial charge is 0.449 e. The number of para-hydroxylation sites is 1. The number of nitrogens with one attached hydrogen (secondary N) is 1. The summed E-state index contributed by atoms with van der Waals surface area (Å²) in [6.07, 6.45) is 0.936. The Morgan fingerprint density at radius 3 is 2.48 bits per heavy atom. The van der Waals surface area contributed by atoms with Crippen LogP contribution in [0.3, 0.4) is 0 Å². The normalized spacial score (nSPS) is 12.0. The summed E-state index contributed by atoms with van der Waals surface area (Å²) >= 11 is 5.83. The van der Waals surface area contributed by atoms with E-state index in [2.05, 4.69) is 5.32 Å². The molecule has 25 heavy (non-hydrogen) atoms. The minimum Gasteiger partial charge on any atom is -0.449 e. The molecule has 0 unspecified atom stereocenters. The lowest BCUT2D eigenvalue weighted by Crippen LogP contribution is -2.29. The van der Waals surface area contributed by atoms with Gasteiger partial charge in [0.05, 0.1) is 10.7 Å². The monoisotopic (exact) mass is 365 g/mol. The molecule has 0 radical (unpaired) electrons. The van der Waals surface area contributed by atoms with Crippen LogP contribution in [0.15, 0.2) is 48.5 Å². The third-order valence-corrected chi connectivity index (χ3v) is 3.51. The Bertz CT molecular complexity index is 803. The first-order valence-corrected chi connectivity index (χ1v) is 7.64. The predicted octanol–water partition coefficient (Wildman–Crippen LogP) is 4.20. The van der Waals surface area contributed by atoms with Crippen LogP contribution in [-0.2, 0) is 14.3 Å². The van der Waals surface area contributed by atoms with Crippen molar-refractivity contribution in [3.63, 3.8) is 0 Å². The highest BCUT2D eigenvalue weighted by Gasteiger charge is 2.18. The number of benzene rings is 2. The molecule has 1 N–H and O–H groups in total. The number of carbonyl (C=O) groups excluding carboxylic acids is 2. The van der Waals surface area contributed by atoms with Crippen molar-refractivity contribution in [2.24, 2.45) is 0 Å². The molecule has 0 bridgehead atoms. The molecule has 0 saturated heterocycles. The molecule has 0 aliphatic heterocycles. The van der Waals surface area contributed by atoms with Gasteiger partial charge in [0.2, 0.25) is 0 Å². The van der Waals surface area contributed by atoms with Crippen LogP contribution in [0.1, 0.15) is 12.5 Å². The molecule has 0 aliphatic rings. The van der Waals surface area contributed by atoms with E-state index < -0.39 is 29.6 Å². The number of rotatable bonds is 5. The maximum absolute atomic E-state index is 13.6. The Morgan fingerprint density at radius 1 is 1.12 bits per heavy atom. The average molecular weight is 366 g/mol. The third-order valence-electron chi connectivity index (χ3n) is 3.18. The van der Waals surface area contributed by atoms with Gasteiger partial charge in [0.25, 0.3) is 5.91 Å². The summed E-state index contributed by atoms with van der Waals surface area (Å²) in [7, 11) is 0. The summed E-state index contributed by atoms with van der Waals surface area (Å²) in [5.74, 6) is -2.77. The maximum atomic E-state index is 13.6. The first-order valence-electron chi connectivity index (χ1n) is 7.26. The van der Waals surface area contributed by atoms with E-state index in [9.17, 15) is 18.4 Å². The molecule has 0 spiro atoms. The fourth-order valence-corrected chi connectivity index (χ4v) is 2.11. The van der Waals surface area contributed by atoms with E-state index in [-0.39, 0.29) is 16.3 Å². The zero-order valence-electron chi connectivity index (χ0n) is 13.1. The number of amides is 1. The minimum absolute atomic E-state index is 0.0240. The first kappa shape index (κ1) is 18.6. The molecule has 2 aromatic rings. The summed E-state index contributed by atoms with van der Waals surface area (Å²) in [5.41, 5.74) is 0.00802. The fraction of sp³-hybridized carbons (Fsp3) is 0.111. The van der Waals surface area contributed by atoms with Crippen molar-refractivity contribution in [3.05, 3.63) is 70.8 Å². The number of hydrogen-bond acceptors (Lipinski definition) is 3. The lowest BCUT2D eigenvalue weighted by molar-refractivity contribution is -0.148. The Kier molecular flexibility index (Phi) is 6.25. The average Bonchev–Trinajstić information content (AvgIpc) is 2.56. The zero-order chi connectivity index (χ0) is 18.4. The molecule has 1 amide bonds. The molecule has 2 rings (SSSR count). The molecule has 0 saturated carbocycles. The van der Waals surface area contributed by atoms with Gasteiger partial charge in [-0.25, -0.2) is 13.6 Å². The molecule has 1 atom stereocenters. The summed E-state index contributed by atoms with van der Waals surface area (Å²) in [4.78, 5) is 23.7. The van der Waals surface area contributed by atoms with Crippen molar-refractivity contribution in [3.8, 4) is 0 Å². The summed E-state index contributed by atoms with van der Waals surface area (Å²) in [6, 6.07) is 9.70. The second kappa shape index (κ2) is 8.39. The summed E-state index contributed by atoms with van der Waals surface area (Å²) in [6.45, 7) is 1.33. The molecular weight excluding hydrogens is 352 g/mol. The van der Waals surface area contributed by atoms with Crippen molar-refractivity contribution < 1.29 is 23.1 Å². The van der Waals surface area contributed by atoms with Gasteiger partial charge in [-0.3, -0.25) is 4.79 Å². The van der Waals surface area contributed by atoms with Gasteiger partial charge in [-0.2, -0.15) is 0 Å². The van der Waals surface area contributed by atoms with Gasteiger partial charge in [-0.1, -0.05) is 29.8 Å². The number of esters is 1. The van der Waals surface area contributed by atoms with Gasteiger partial charge < -0.3 is 10.1 Å². The van der Waals surface area contributed by atoms with Gasteiger partial charge in [0.1, 0.15) is 11.6 Å². The van der Waals surface area contributed by atoms with E-state index in [0.717, 1.165) is 12.2 Å². The quantitative estimate of drug-likeness (QED) is 0.638. The first-order chi connectivity index (χ1) is 11.9. The minimum atomic E-state index is -1.17. The Morgan fingerprint density at radius 2 is 1.80 bits per heavy atom. The Hall–Kier alpha value is -2.73. The Labute approximate surface area is 148 Å². The van der Waals surface area contributed by atoms with Gasteiger partial charge in [0.15, 0.2) is 6.10 Å². The van der Waals surface area contributed by atoms with E-state index in [1.165, 1.54) is 43.3 Å². The van der Waals surface area contributed by atoms with E-state index in [4.69, 9.17) is 16.3 Å². The molecule has 7 heteroatoms. The standard InChI is InChI=1S/C18H14ClF2NO3/c1-11(18(24)22-16-8-3-2-6-15(16)21)25-17(23)10-9-12-13(19)5-4-7-14(12)20/h2-11H,1H3,(H,22,24)/b10-9+/t11-/m1/s1. The molecule has 0 aromatic heterocycles. The SMILES string of the molecule is C[C@@H](OC(=O)/C=C/c1c(F)cccc1Cl)C(=O)Nc1ccccc1F. The predicted molar refractivity (Wildman–Crippen MR) is 91.0 cm³/mol. The van der Waals surface area contributed by atoms with Gasteiger partial charge in [-0.15, -0.1) is 0 Å². The van der Waals surface area contributed by atoms with Crippen molar-refractivity contribution in [2.75, 3.05) is 5.32 Å². The number of anilines is 1. The van der Waals surface area contributed by atoms with E-state index >= 15 is 0 Å².